The number of alkyl halides is 2. The third-order valence-electron chi connectivity index (χ3n) is 8.33. The van der Waals surface area contributed by atoms with Crippen molar-refractivity contribution < 1.29 is 23.4 Å². The fourth-order valence-electron chi connectivity index (χ4n) is 5.79. The van der Waals surface area contributed by atoms with Gasteiger partial charge < -0.3 is 15.2 Å². The van der Waals surface area contributed by atoms with E-state index in [9.17, 15) is 9.90 Å². The molecule has 4 heterocycles. The van der Waals surface area contributed by atoms with E-state index in [-0.39, 0.29) is 25.5 Å². The minimum Gasteiger partial charge on any atom is -0.480 e. The summed E-state index contributed by atoms with van der Waals surface area (Å²) in [5.74, 6) is -3.81. The maximum absolute atomic E-state index is 15.2. The molecule has 5 rings (SSSR count). The number of aromatic nitrogens is 2. The first-order valence-electron chi connectivity index (χ1n) is 14.0. The van der Waals surface area contributed by atoms with Crippen molar-refractivity contribution in [2.24, 2.45) is 5.92 Å². The monoisotopic (exact) mass is 528 g/mol. The molecule has 2 aromatic heterocycles. The first kappa shape index (κ1) is 26.9. The summed E-state index contributed by atoms with van der Waals surface area (Å²) >= 11 is 0. The zero-order valence-corrected chi connectivity index (χ0v) is 21.9. The van der Waals surface area contributed by atoms with Crippen LogP contribution in [0.2, 0.25) is 0 Å². The van der Waals surface area contributed by atoms with E-state index in [1.807, 2.05) is 6.07 Å². The molecule has 38 heavy (non-hydrogen) atoms. The van der Waals surface area contributed by atoms with E-state index in [1.165, 1.54) is 5.56 Å². The Balaban J connectivity index is 1.15. The molecule has 0 bridgehead atoms. The highest BCUT2D eigenvalue weighted by Crippen LogP contribution is 2.40. The summed E-state index contributed by atoms with van der Waals surface area (Å²) in [6, 6.07) is 4.87. The number of hydrogen-bond donors (Lipinski definition) is 2. The number of halogens is 2. The molecule has 2 aromatic rings. The van der Waals surface area contributed by atoms with Crippen molar-refractivity contribution >= 4 is 11.8 Å². The third kappa shape index (κ3) is 6.31. The van der Waals surface area contributed by atoms with Crippen LogP contribution in [-0.2, 0) is 29.0 Å². The van der Waals surface area contributed by atoms with Crippen LogP contribution in [0.25, 0.3) is 0 Å². The fraction of sp³-hybridized carbons (Fsp3) is 0.621. The number of rotatable bonds is 12. The van der Waals surface area contributed by atoms with Gasteiger partial charge in [0.2, 0.25) is 0 Å². The lowest BCUT2D eigenvalue weighted by molar-refractivity contribution is -0.143. The molecule has 1 saturated heterocycles. The Hall–Kier alpha value is -2.65. The Kier molecular flexibility index (Phi) is 8.53. The summed E-state index contributed by atoms with van der Waals surface area (Å²) in [6.07, 6.45) is 10.5. The number of aryl methyl sites for hydroxylation is 2. The number of nitrogens with zero attached hydrogens (tertiary/aromatic N) is 3. The normalized spacial score (nSPS) is 20.9. The standard InChI is InChI=1S/C29H38F2N4O3/c30-29(31,13-2-1-6-23-10-9-20-5-4-14-33-27(20)34-23)22-12-16-35(18-22)26(28(36)37)25-17-32-15-11-21(25)19-38-24-7-3-8-24/h9-11,15,17,22,24,26H,1-8,12-14,16,18-19H2,(H,33,34)(H,36,37). The second kappa shape index (κ2) is 12.0. The van der Waals surface area contributed by atoms with Crippen LogP contribution in [0.5, 0.6) is 0 Å². The molecule has 2 atom stereocenters. The maximum atomic E-state index is 15.2. The summed E-state index contributed by atoms with van der Waals surface area (Å²) in [5, 5.41) is 13.4. The highest BCUT2D eigenvalue weighted by atomic mass is 19.3. The average Bonchev–Trinajstić information content (AvgIpc) is 3.37. The summed E-state index contributed by atoms with van der Waals surface area (Å²) in [7, 11) is 0. The molecule has 206 valence electrons. The van der Waals surface area contributed by atoms with Crippen molar-refractivity contribution in [3.05, 3.63) is 53.0 Å². The molecular weight excluding hydrogens is 490 g/mol. The molecule has 2 unspecified atom stereocenters. The molecule has 9 heteroatoms. The summed E-state index contributed by atoms with van der Waals surface area (Å²) in [4.78, 5) is 22.8. The molecule has 3 aliphatic rings. The van der Waals surface area contributed by atoms with Gasteiger partial charge in [-0.05, 0) is 87.6 Å². The van der Waals surface area contributed by atoms with Gasteiger partial charge in [0, 0.05) is 49.1 Å². The van der Waals surface area contributed by atoms with Gasteiger partial charge >= 0.3 is 5.97 Å². The Bertz CT molecular complexity index is 1110. The van der Waals surface area contributed by atoms with Crippen LogP contribution in [0.4, 0.5) is 14.6 Å². The van der Waals surface area contributed by atoms with E-state index < -0.39 is 23.9 Å². The Labute approximate surface area is 223 Å². The van der Waals surface area contributed by atoms with Gasteiger partial charge in [-0.15, -0.1) is 0 Å². The number of likely N-dealkylation sites (tertiary alicyclic amines) is 1. The first-order valence-corrected chi connectivity index (χ1v) is 14.0. The Morgan fingerprint density at radius 1 is 1.21 bits per heavy atom. The highest BCUT2D eigenvalue weighted by Gasteiger charge is 2.45. The van der Waals surface area contributed by atoms with Crippen LogP contribution < -0.4 is 5.32 Å². The number of anilines is 1. The van der Waals surface area contributed by atoms with Gasteiger partial charge in [-0.25, -0.2) is 13.8 Å². The summed E-state index contributed by atoms with van der Waals surface area (Å²) in [5.41, 5.74) is 3.46. The second-order valence-electron chi connectivity index (χ2n) is 11.0. The third-order valence-corrected chi connectivity index (χ3v) is 8.33. The van der Waals surface area contributed by atoms with Crippen molar-refractivity contribution in [1.82, 2.24) is 14.9 Å². The number of hydrogen-bond acceptors (Lipinski definition) is 6. The molecular formula is C29H38F2N4O3. The average molecular weight is 529 g/mol. The number of ether oxygens (including phenoxy) is 1. The van der Waals surface area contributed by atoms with Crippen molar-refractivity contribution in [2.75, 3.05) is 25.0 Å². The van der Waals surface area contributed by atoms with Crippen LogP contribution in [0.15, 0.2) is 30.6 Å². The van der Waals surface area contributed by atoms with Gasteiger partial charge in [-0.3, -0.25) is 14.7 Å². The van der Waals surface area contributed by atoms with E-state index in [2.05, 4.69) is 21.4 Å². The predicted octanol–water partition coefficient (Wildman–Crippen LogP) is 5.40. The second-order valence-corrected chi connectivity index (χ2v) is 11.0. The maximum Gasteiger partial charge on any atom is 0.325 e. The molecule has 7 nitrogen and oxygen atoms in total. The van der Waals surface area contributed by atoms with Crippen molar-refractivity contribution in [2.45, 2.75) is 88.9 Å². The van der Waals surface area contributed by atoms with Crippen molar-refractivity contribution in [3.63, 3.8) is 0 Å². The molecule has 0 radical (unpaired) electrons. The van der Waals surface area contributed by atoms with Crippen LogP contribution in [0.3, 0.4) is 0 Å². The van der Waals surface area contributed by atoms with Gasteiger partial charge in [0.05, 0.1) is 12.7 Å². The molecule has 2 N–H and O–H groups in total. The number of carbonyl (C=O) groups is 1. The fourth-order valence-corrected chi connectivity index (χ4v) is 5.79. The number of fused-ring (bicyclic) bond motifs is 1. The van der Waals surface area contributed by atoms with Gasteiger partial charge in [-0.2, -0.15) is 0 Å². The van der Waals surface area contributed by atoms with Crippen molar-refractivity contribution in [1.29, 1.82) is 0 Å². The van der Waals surface area contributed by atoms with Gasteiger partial charge in [0.25, 0.3) is 5.92 Å². The zero-order chi connectivity index (χ0) is 26.5. The van der Waals surface area contributed by atoms with E-state index >= 15 is 8.78 Å². The van der Waals surface area contributed by atoms with E-state index in [0.717, 1.165) is 55.7 Å². The first-order chi connectivity index (χ1) is 18.4. The number of carboxylic acids is 1. The number of nitrogens with one attached hydrogen (secondary N) is 1. The number of unbranched alkanes of at least 4 members (excludes halogenated alkanes) is 1. The van der Waals surface area contributed by atoms with Crippen LogP contribution in [0.1, 0.15) is 79.8 Å². The lowest BCUT2D eigenvalue weighted by Gasteiger charge is -2.29. The molecule has 1 aliphatic carbocycles. The Morgan fingerprint density at radius 2 is 2.08 bits per heavy atom. The minimum absolute atomic E-state index is 0.0554. The predicted molar refractivity (Wildman–Crippen MR) is 140 cm³/mol. The van der Waals surface area contributed by atoms with Crippen LogP contribution in [-0.4, -0.2) is 57.6 Å². The lowest BCUT2D eigenvalue weighted by atomic mass is 9.94. The van der Waals surface area contributed by atoms with E-state index in [0.29, 0.717) is 38.0 Å². The minimum atomic E-state index is -2.84. The molecule has 2 fully saturated rings. The molecule has 1 saturated carbocycles. The zero-order valence-electron chi connectivity index (χ0n) is 21.9. The van der Waals surface area contributed by atoms with Crippen LogP contribution >= 0.6 is 0 Å². The SMILES string of the molecule is O=C(O)C(c1cnccc1COC1CCC1)N1CCC(C(F)(F)CCCCc2ccc3c(n2)NCCC3)C1. The lowest BCUT2D eigenvalue weighted by Crippen LogP contribution is -2.36. The molecule has 0 spiro atoms. The topological polar surface area (TPSA) is 87.6 Å². The summed E-state index contributed by atoms with van der Waals surface area (Å²) in [6.45, 7) is 1.61. The van der Waals surface area contributed by atoms with E-state index in [4.69, 9.17) is 4.74 Å². The highest BCUT2D eigenvalue weighted by molar-refractivity contribution is 5.76. The molecule has 0 amide bonds. The van der Waals surface area contributed by atoms with E-state index in [1.54, 1.807) is 23.4 Å². The van der Waals surface area contributed by atoms with Gasteiger partial charge in [0.1, 0.15) is 11.9 Å². The number of aliphatic carboxylic acids is 1. The molecule has 2 aliphatic heterocycles. The number of carboxylic acid groups (broad SMARTS) is 1. The largest absolute Gasteiger partial charge is 0.480 e. The summed E-state index contributed by atoms with van der Waals surface area (Å²) < 4.78 is 36.4. The van der Waals surface area contributed by atoms with Crippen molar-refractivity contribution in [3.8, 4) is 0 Å². The number of pyridine rings is 2. The van der Waals surface area contributed by atoms with Gasteiger partial charge in [-0.1, -0.05) is 6.07 Å². The Morgan fingerprint density at radius 3 is 2.87 bits per heavy atom. The quantitative estimate of drug-likeness (QED) is 0.357. The van der Waals surface area contributed by atoms with Crippen LogP contribution in [0, 0.1) is 5.92 Å². The molecule has 0 aromatic carbocycles. The van der Waals surface area contributed by atoms with Gasteiger partial charge in [0.15, 0.2) is 0 Å². The smallest absolute Gasteiger partial charge is 0.325 e.